The van der Waals surface area contributed by atoms with Gasteiger partial charge in [-0.1, -0.05) is 116 Å². The van der Waals surface area contributed by atoms with E-state index in [1.54, 1.807) is 31.4 Å². The molecule has 15 nitrogen and oxygen atoms in total. The highest BCUT2D eigenvalue weighted by Crippen LogP contribution is 2.83. The van der Waals surface area contributed by atoms with Crippen LogP contribution in [0.15, 0.2) is 24.3 Å². The van der Waals surface area contributed by atoms with Gasteiger partial charge in [-0.3, -0.25) is 4.79 Å². The third kappa shape index (κ3) is 11.9. The fourth-order valence-electron chi connectivity index (χ4n) is 19.5. The minimum Gasteiger partial charge on any atom is -0.497 e. The second kappa shape index (κ2) is 27.4. The highest BCUT2D eigenvalue weighted by molar-refractivity contribution is 6.74. The third-order valence-corrected chi connectivity index (χ3v) is 39.6. The van der Waals surface area contributed by atoms with Crippen LogP contribution in [0.2, 0.25) is 54.4 Å². The predicted octanol–water partition coefficient (Wildman–Crippen LogP) is 14.5. The first-order valence-corrected chi connectivity index (χ1v) is 42.3. The summed E-state index contributed by atoms with van der Waals surface area (Å²) in [5.74, 6) is -0.278. The Morgan fingerprint density at radius 1 is 0.651 bits per heavy atom. The van der Waals surface area contributed by atoms with E-state index in [0.29, 0.717) is 35.0 Å². The molecule has 9 rings (SSSR count). The van der Waals surface area contributed by atoms with Crippen LogP contribution < -0.4 is 4.74 Å². The normalized spacial score (nSPS) is 40.1. The van der Waals surface area contributed by atoms with E-state index in [2.05, 4.69) is 90.0 Å². The van der Waals surface area contributed by atoms with Crippen LogP contribution in [0.4, 0.5) is 0 Å². The first-order chi connectivity index (χ1) is 41.1. The molecule has 0 amide bonds. The van der Waals surface area contributed by atoms with Gasteiger partial charge in [0.15, 0.2) is 49.2 Å². The topological polar surface area (TPSA) is 165 Å². The quantitative estimate of drug-likeness (QED) is 0.0439. The van der Waals surface area contributed by atoms with Gasteiger partial charge < -0.3 is 61.0 Å². The molecule has 0 radical (unpaired) electrons. The lowest BCUT2D eigenvalue weighted by Crippen LogP contribution is -2.66. The van der Waals surface area contributed by atoms with Crippen LogP contribution in [0.25, 0.3) is 0 Å². The fourth-order valence-corrected chi connectivity index (χ4v) is 28.0. The number of hydrogen-bond donors (Lipinski definition) is 1. The van der Waals surface area contributed by atoms with Crippen molar-refractivity contribution in [2.45, 2.75) is 308 Å². The molecule has 86 heavy (non-hydrogen) atoms. The Bertz CT molecular complexity index is 2380. The summed E-state index contributed by atoms with van der Waals surface area (Å²) in [6.45, 7) is 30.7. The zero-order chi connectivity index (χ0) is 62.3. The van der Waals surface area contributed by atoms with Crippen molar-refractivity contribution < 1.29 is 70.6 Å². The molecule has 3 saturated heterocycles. The lowest BCUT2D eigenvalue weighted by molar-refractivity contribution is -0.376. The van der Waals surface area contributed by atoms with Crippen LogP contribution in [-0.4, -0.2) is 142 Å². The van der Waals surface area contributed by atoms with Crippen LogP contribution in [0.3, 0.4) is 0 Å². The molecular formula is C68H116O15Si3. The molecule has 1 spiro atoms. The van der Waals surface area contributed by atoms with Gasteiger partial charge in [0, 0.05) is 37.2 Å². The van der Waals surface area contributed by atoms with Gasteiger partial charge in [-0.15, -0.1) is 0 Å². The predicted molar refractivity (Wildman–Crippen MR) is 340 cm³/mol. The second-order valence-corrected chi connectivity index (χ2v) is 42.6. The first kappa shape index (κ1) is 68.6. The van der Waals surface area contributed by atoms with Crippen LogP contribution in [0, 0.1) is 45.8 Å². The number of aliphatic hydroxyl groups is 1. The molecule has 0 unspecified atom stereocenters. The molecule has 0 bridgehead atoms. The zero-order valence-corrected chi connectivity index (χ0v) is 59.1. The number of esters is 2. The van der Waals surface area contributed by atoms with Crippen LogP contribution in [0.5, 0.6) is 5.75 Å². The summed E-state index contributed by atoms with van der Waals surface area (Å²) in [7, 11) is -3.75. The molecule has 5 aliphatic carbocycles. The standard InChI is InChI=1S/C68H116O15Si3/c1-17-27-28-29-30-37-67(45(11)68(71)56(79-67)41-52-50-40-55(73-16)66-42-48(66)35-38-64(66,13)51(50)36-39-65(52,68)14)80-63-59(76-46(12)69)57(53(43-75-63)81-84(18-2,19-3)20-4)78-62-60(77-61(70)47-31-33-49(72-15)34-32-47)58(83-86(24-8,25-9)26-10)54(44-74-62)82-85(21-5,22-6)23-7/h31-34,45,48,50-60,62-63,71H,17-30,35-44H2,1-16H3/t45-,48-,50-,51+,52+,53+,54-,55-,56+,57+,58+,59-,60-,62+,63+,64-,65+,66+,67+,68-/m1/s1. The van der Waals surface area contributed by atoms with E-state index in [1.165, 1.54) is 26.2 Å². The number of carbonyl (C=O) groups excluding carboxylic acids is 2. The van der Waals surface area contributed by atoms with E-state index < -0.39 is 115 Å². The maximum Gasteiger partial charge on any atom is 0.338 e. The average molecular weight is 1260 g/mol. The summed E-state index contributed by atoms with van der Waals surface area (Å²) in [5, 5.41) is 14.0. The average Bonchev–Trinajstić information content (AvgIpc) is 1.49. The summed E-state index contributed by atoms with van der Waals surface area (Å²) < 4.78 is 84.6. The Kier molecular flexibility index (Phi) is 21.9. The Hall–Kier alpha value is -1.79. The van der Waals surface area contributed by atoms with Gasteiger partial charge in [0.1, 0.15) is 23.6 Å². The smallest absolute Gasteiger partial charge is 0.338 e. The Balaban J connectivity index is 1.10. The van der Waals surface area contributed by atoms with Crippen molar-refractivity contribution in [1.29, 1.82) is 0 Å². The van der Waals surface area contributed by atoms with Crippen molar-refractivity contribution in [3.8, 4) is 5.75 Å². The van der Waals surface area contributed by atoms with Gasteiger partial charge in [0.2, 0.25) is 6.29 Å². The van der Waals surface area contributed by atoms with Crippen molar-refractivity contribution in [1.82, 2.24) is 0 Å². The molecule has 18 heteroatoms. The summed E-state index contributed by atoms with van der Waals surface area (Å²) in [5.41, 5.74) is -0.818. The van der Waals surface area contributed by atoms with E-state index >= 15 is 0 Å². The lowest BCUT2D eigenvalue weighted by Gasteiger charge is -2.62. The number of methoxy groups -OCH3 is 2. The molecule has 20 atom stereocenters. The molecule has 3 heterocycles. The number of hydrogen-bond acceptors (Lipinski definition) is 15. The van der Waals surface area contributed by atoms with Gasteiger partial charge in [-0.25, -0.2) is 4.79 Å². The molecular weight excluding hydrogens is 1140 g/mol. The monoisotopic (exact) mass is 1260 g/mol. The number of carbonyl (C=O) groups is 2. The number of benzene rings is 1. The summed E-state index contributed by atoms with van der Waals surface area (Å²) in [6.07, 6.45) is 5.04. The molecule has 8 aliphatic rings. The maximum atomic E-state index is 14.8. The first-order valence-electron chi connectivity index (χ1n) is 34.7. The maximum absolute atomic E-state index is 14.8. The molecule has 3 aliphatic heterocycles. The van der Waals surface area contributed by atoms with E-state index in [-0.39, 0.29) is 30.7 Å². The highest BCUT2D eigenvalue weighted by Gasteiger charge is 2.81. The minimum absolute atomic E-state index is 0.0466. The second-order valence-electron chi connectivity index (χ2n) is 28.5. The van der Waals surface area contributed by atoms with E-state index in [9.17, 15) is 14.7 Å². The van der Waals surface area contributed by atoms with E-state index in [0.717, 1.165) is 118 Å². The summed E-state index contributed by atoms with van der Waals surface area (Å²) >= 11 is 0. The van der Waals surface area contributed by atoms with E-state index in [1.807, 2.05) is 7.11 Å². The lowest BCUT2D eigenvalue weighted by atomic mass is 9.44. The zero-order valence-electron chi connectivity index (χ0n) is 56.1. The minimum atomic E-state index is -2.49. The Morgan fingerprint density at radius 2 is 1.21 bits per heavy atom. The Morgan fingerprint density at radius 3 is 1.77 bits per heavy atom. The molecule has 8 fully saturated rings. The molecule has 1 aromatic rings. The van der Waals surface area contributed by atoms with Crippen LogP contribution in [0.1, 0.15) is 191 Å². The highest BCUT2D eigenvalue weighted by atomic mass is 28.4. The van der Waals surface area contributed by atoms with Crippen molar-refractivity contribution in [3.05, 3.63) is 29.8 Å². The van der Waals surface area contributed by atoms with Crippen LogP contribution in [-0.2, 0) is 56.0 Å². The van der Waals surface area contributed by atoms with Gasteiger partial charge in [0.05, 0.1) is 50.3 Å². The number of rotatable bonds is 30. The van der Waals surface area contributed by atoms with Crippen molar-refractivity contribution in [2.75, 3.05) is 27.4 Å². The van der Waals surface area contributed by atoms with Gasteiger partial charge in [0.25, 0.3) is 0 Å². The van der Waals surface area contributed by atoms with Gasteiger partial charge in [-0.05, 0) is 159 Å². The van der Waals surface area contributed by atoms with Crippen LogP contribution >= 0.6 is 0 Å². The number of ether oxygens (including phenoxy) is 9. The third-order valence-electron chi connectivity index (χ3n) is 25.6. The molecule has 1 aromatic carbocycles. The largest absolute Gasteiger partial charge is 0.497 e. The van der Waals surface area contributed by atoms with Gasteiger partial charge >= 0.3 is 11.9 Å². The molecule has 0 aromatic heterocycles. The molecule has 490 valence electrons. The molecule has 5 saturated carbocycles. The summed E-state index contributed by atoms with van der Waals surface area (Å²) in [6, 6.07) is 14.7. The van der Waals surface area contributed by atoms with Crippen molar-refractivity contribution >= 4 is 36.9 Å². The molecule has 1 N–H and O–H groups in total. The van der Waals surface area contributed by atoms with Crippen molar-refractivity contribution in [2.24, 2.45) is 45.8 Å². The van der Waals surface area contributed by atoms with Crippen molar-refractivity contribution in [3.63, 3.8) is 0 Å². The van der Waals surface area contributed by atoms with E-state index in [4.69, 9.17) is 55.9 Å². The Labute approximate surface area is 521 Å². The SMILES string of the molecule is CCCCCCC[C@@]1(O[C@@H]2OC[C@H](O[Si](CC)(CC)CC)[C@H](O[C@@H]3OC[C@@H](O[Si](CC)(CC)CC)[C@H](O[Si](CC)(CC)CC)[C@H]3OC(=O)c3ccc(OC)cc3)[C@H]2OC(C)=O)O[C@H]2C[C@H]3[C@@H]4C[C@@H](OC)[C@]56C[C@H]5CC[C@]6(C)[C@H]4CC[C@]3(C)[C@@]2(O)[C@@H]1C. The number of unbranched alkanes of at least 4 members (excludes halogenated alkanes) is 4. The summed E-state index contributed by atoms with van der Waals surface area (Å²) in [4.78, 5) is 28.8. The number of fused-ring (bicyclic) bond motifs is 6. The fraction of sp³-hybridized carbons (Fsp3) is 0.882. The van der Waals surface area contributed by atoms with Gasteiger partial charge in [-0.2, -0.15) is 0 Å².